The van der Waals surface area contributed by atoms with Gasteiger partial charge >= 0.3 is 0 Å². The quantitative estimate of drug-likeness (QED) is 0.821. The molecule has 17 heavy (non-hydrogen) atoms. The molecule has 0 unspecified atom stereocenters. The lowest BCUT2D eigenvalue weighted by Crippen LogP contribution is -2.25. The molecule has 2 nitrogen and oxygen atoms in total. The van der Waals surface area contributed by atoms with Crippen LogP contribution in [0.3, 0.4) is 0 Å². The first-order valence-electron chi connectivity index (χ1n) is 4.91. The normalized spacial score (nSPS) is 25.5. The number of carbonyl (C=O) groups excluding carboxylic acids is 1. The molecule has 0 bridgehead atoms. The van der Waals surface area contributed by atoms with Crippen LogP contribution in [0.4, 0.5) is 10.1 Å². The van der Waals surface area contributed by atoms with Gasteiger partial charge < -0.3 is 5.32 Å². The highest BCUT2D eigenvalue weighted by Crippen LogP contribution is 2.64. The molecule has 0 saturated heterocycles. The number of halogens is 4. The molecule has 1 aromatic carbocycles. The largest absolute Gasteiger partial charge is 0.325 e. The van der Waals surface area contributed by atoms with Crippen molar-refractivity contribution in [1.29, 1.82) is 0 Å². The van der Waals surface area contributed by atoms with Crippen molar-refractivity contribution in [2.75, 3.05) is 5.32 Å². The number of alkyl halides is 2. The van der Waals surface area contributed by atoms with Crippen LogP contribution in [0.25, 0.3) is 0 Å². The van der Waals surface area contributed by atoms with Gasteiger partial charge in [-0.25, -0.2) is 4.39 Å². The first kappa shape index (κ1) is 12.9. The van der Waals surface area contributed by atoms with Crippen molar-refractivity contribution in [3.05, 3.63) is 29.0 Å². The lowest BCUT2D eigenvalue weighted by molar-refractivity contribution is -0.120. The molecule has 1 amide bonds. The van der Waals surface area contributed by atoms with Gasteiger partial charge in [-0.3, -0.25) is 4.79 Å². The Labute approximate surface area is 113 Å². The molecule has 0 spiro atoms. The van der Waals surface area contributed by atoms with E-state index in [4.69, 9.17) is 34.8 Å². The zero-order chi connectivity index (χ0) is 12.8. The molecule has 1 atom stereocenters. The number of anilines is 1. The van der Waals surface area contributed by atoms with E-state index in [0.29, 0.717) is 12.1 Å². The van der Waals surface area contributed by atoms with Gasteiger partial charge in [0.2, 0.25) is 5.91 Å². The van der Waals surface area contributed by atoms with Crippen LogP contribution in [-0.2, 0) is 4.79 Å². The molecule has 0 aliphatic heterocycles. The molecule has 0 heterocycles. The predicted molar refractivity (Wildman–Crippen MR) is 67.2 cm³/mol. The Hall–Kier alpha value is -0.510. The van der Waals surface area contributed by atoms with Gasteiger partial charge in [-0.05, 0) is 31.5 Å². The van der Waals surface area contributed by atoms with Gasteiger partial charge in [-0.15, -0.1) is 23.2 Å². The van der Waals surface area contributed by atoms with Gasteiger partial charge in [-0.2, -0.15) is 0 Å². The Balaban J connectivity index is 2.12. The molecule has 1 aliphatic carbocycles. The van der Waals surface area contributed by atoms with E-state index in [0.717, 1.165) is 0 Å². The summed E-state index contributed by atoms with van der Waals surface area (Å²) in [6.07, 6.45) is 0.393. The first-order chi connectivity index (χ1) is 7.76. The summed E-state index contributed by atoms with van der Waals surface area (Å²) in [6.45, 7) is 1.67. The van der Waals surface area contributed by atoms with E-state index < -0.39 is 15.6 Å². The summed E-state index contributed by atoms with van der Waals surface area (Å²) in [6, 6.07) is 3.95. The maximum atomic E-state index is 12.9. The fraction of sp³-hybridized carbons (Fsp3) is 0.364. The minimum Gasteiger partial charge on any atom is -0.325 e. The van der Waals surface area contributed by atoms with E-state index in [1.807, 2.05) is 0 Å². The summed E-state index contributed by atoms with van der Waals surface area (Å²) in [5.74, 6) is -0.837. The molecule has 2 rings (SSSR count). The second-order valence-electron chi connectivity index (χ2n) is 4.30. The second kappa shape index (κ2) is 4.01. The van der Waals surface area contributed by atoms with Crippen LogP contribution < -0.4 is 5.32 Å². The van der Waals surface area contributed by atoms with E-state index in [9.17, 15) is 9.18 Å². The lowest BCUT2D eigenvalue weighted by atomic mass is 10.1. The molecule has 0 radical (unpaired) electrons. The van der Waals surface area contributed by atoms with Gasteiger partial charge in [-0.1, -0.05) is 11.6 Å². The van der Waals surface area contributed by atoms with Gasteiger partial charge in [0.05, 0.1) is 10.4 Å². The summed E-state index contributed by atoms with van der Waals surface area (Å²) < 4.78 is 11.9. The van der Waals surface area contributed by atoms with E-state index >= 15 is 0 Å². The molecule has 92 valence electrons. The van der Waals surface area contributed by atoms with Crippen LogP contribution in [0.15, 0.2) is 18.2 Å². The number of carbonyl (C=O) groups is 1. The smallest absolute Gasteiger partial charge is 0.233 e. The van der Waals surface area contributed by atoms with E-state index in [2.05, 4.69) is 5.32 Å². The maximum absolute atomic E-state index is 12.9. The molecule has 6 heteroatoms. The van der Waals surface area contributed by atoms with Crippen LogP contribution in [0.2, 0.25) is 5.02 Å². The molecule has 1 aromatic rings. The summed E-state index contributed by atoms with van der Waals surface area (Å²) in [4.78, 5) is 11.9. The Kier molecular flexibility index (Phi) is 3.05. The number of nitrogens with one attached hydrogen (secondary N) is 1. The average Bonchev–Trinajstić information content (AvgIpc) is 2.74. The van der Waals surface area contributed by atoms with Crippen molar-refractivity contribution in [2.45, 2.75) is 17.7 Å². The third-order valence-electron chi connectivity index (χ3n) is 2.94. The maximum Gasteiger partial charge on any atom is 0.233 e. The molecule has 1 saturated carbocycles. The third kappa shape index (κ3) is 2.24. The predicted octanol–water partition coefficient (Wildman–Crippen LogP) is 4.00. The van der Waals surface area contributed by atoms with Crippen LogP contribution >= 0.6 is 34.8 Å². The molecular formula is C11H9Cl3FNO. The highest BCUT2D eigenvalue weighted by Gasteiger charge is 2.67. The van der Waals surface area contributed by atoms with Crippen LogP contribution in [0.5, 0.6) is 0 Å². The second-order valence-corrected chi connectivity index (χ2v) is 6.19. The van der Waals surface area contributed by atoms with Crippen LogP contribution in [0.1, 0.15) is 13.3 Å². The molecule has 1 fully saturated rings. The first-order valence-corrected chi connectivity index (χ1v) is 6.04. The monoisotopic (exact) mass is 295 g/mol. The number of hydrogen-bond donors (Lipinski definition) is 1. The van der Waals surface area contributed by atoms with Gasteiger partial charge in [0.15, 0.2) is 0 Å². The summed E-state index contributed by atoms with van der Waals surface area (Å²) >= 11 is 17.4. The third-order valence-corrected chi connectivity index (χ3v) is 4.33. The van der Waals surface area contributed by atoms with Crippen molar-refractivity contribution in [2.24, 2.45) is 5.41 Å². The van der Waals surface area contributed by atoms with E-state index in [1.165, 1.54) is 18.2 Å². The zero-order valence-corrected chi connectivity index (χ0v) is 11.1. The average molecular weight is 297 g/mol. The highest BCUT2D eigenvalue weighted by atomic mass is 35.5. The molecule has 1 aliphatic rings. The number of benzene rings is 1. The highest BCUT2D eigenvalue weighted by molar-refractivity contribution is 6.53. The van der Waals surface area contributed by atoms with Gasteiger partial charge in [0.25, 0.3) is 0 Å². The Morgan fingerprint density at radius 2 is 2.06 bits per heavy atom. The molecular weight excluding hydrogens is 287 g/mol. The fourth-order valence-corrected chi connectivity index (χ4v) is 2.38. The van der Waals surface area contributed by atoms with Crippen molar-refractivity contribution in [1.82, 2.24) is 0 Å². The Morgan fingerprint density at radius 1 is 1.47 bits per heavy atom. The van der Waals surface area contributed by atoms with E-state index in [1.54, 1.807) is 6.92 Å². The minimum absolute atomic E-state index is 0.0493. The van der Waals surface area contributed by atoms with Crippen molar-refractivity contribution < 1.29 is 9.18 Å². The standard InChI is InChI=1S/C11H9Cl3FNO/c1-10(5-11(10,13)14)9(17)16-6-2-3-8(15)7(12)4-6/h2-4H,5H2,1H3,(H,16,17)/t10-/m1/s1. The minimum atomic E-state index is -1.03. The van der Waals surface area contributed by atoms with E-state index in [-0.39, 0.29) is 10.9 Å². The van der Waals surface area contributed by atoms with Gasteiger partial charge in [0, 0.05) is 5.69 Å². The number of amides is 1. The van der Waals surface area contributed by atoms with Gasteiger partial charge in [0.1, 0.15) is 10.2 Å². The molecule has 1 N–H and O–H groups in total. The zero-order valence-electron chi connectivity index (χ0n) is 8.86. The topological polar surface area (TPSA) is 29.1 Å². The molecule has 0 aromatic heterocycles. The van der Waals surface area contributed by atoms with Crippen LogP contribution in [-0.4, -0.2) is 10.2 Å². The van der Waals surface area contributed by atoms with Crippen LogP contribution in [0, 0.1) is 11.2 Å². The summed E-state index contributed by atoms with van der Waals surface area (Å²) in [5.41, 5.74) is -0.393. The SMILES string of the molecule is C[C@]1(C(=O)Nc2ccc(F)c(Cl)c2)CC1(Cl)Cl. The fourth-order valence-electron chi connectivity index (χ4n) is 1.49. The lowest BCUT2D eigenvalue weighted by Gasteiger charge is -2.12. The van der Waals surface area contributed by atoms with Crippen molar-refractivity contribution >= 4 is 46.4 Å². The summed E-state index contributed by atoms with van der Waals surface area (Å²) in [5, 5.41) is 2.56. The Morgan fingerprint density at radius 3 is 2.53 bits per heavy atom. The Bertz CT molecular complexity index is 492. The summed E-state index contributed by atoms with van der Waals surface area (Å²) in [7, 11) is 0. The van der Waals surface area contributed by atoms with Crippen molar-refractivity contribution in [3.63, 3.8) is 0 Å². The number of rotatable bonds is 2. The van der Waals surface area contributed by atoms with Crippen molar-refractivity contribution in [3.8, 4) is 0 Å². The number of hydrogen-bond acceptors (Lipinski definition) is 1.